The van der Waals surface area contributed by atoms with E-state index in [1.807, 2.05) is 0 Å². The van der Waals surface area contributed by atoms with Crippen molar-refractivity contribution in [2.24, 2.45) is 0 Å². The number of nitrogens with two attached hydrogens (primary N) is 1. The van der Waals surface area contributed by atoms with E-state index in [9.17, 15) is 9.18 Å². The van der Waals surface area contributed by atoms with Gasteiger partial charge in [-0.15, -0.1) is 0 Å². The topological polar surface area (TPSA) is 83.7 Å². The van der Waals surface area contributed by atoms with E-state index in [2.05, 4.69) is 9.72 Å². The Hall–Kier alpha value is -2.25. The number of carbonyl (C=O) groups excluding carboxylic acids is 1. The Morgan fingerprint density at radius 1 is 1.30 bits per heavy atom. The number of aromatic nitrogens is 1. The molecule has 0 aliphatic rings. The number of halogens is 3. The molecule has 0 atom stereocenters. The molecule has 0 saturated heterocycles. The fourth-order valence-electron chi connectivity index (χ4n) is 1.77. The van der Waals surface area contributed by atoms with Crippen LogP contribution in [0.2, 0.25) is 10.0 Å². The standard InChI is InChI=1S/C14H11Cl2FN2O4/c1-21-12-7(15)4-3-6(11(12)17)9-5-8(18)10(16)13(19-9)23-14(20)22-2/h3-5H,1-2H3,(H2,18,19). The summed E-state index contributed by atoms with van der Waals surface area (Å²) in [4.78, 5) is 15.2. The van der Waals surface area contributed by atoms with Crippen molar-refractivity contribution in [3.63, 3.8) is 0 Å². The van der Waals surface area contributed by atoms with Gasteiger partial charge in [-0.2, -0.15) is 0 Å². The fourth-order valence-corrected chi connectivity index (χ4v) is 2.13. The zero-order chi connectivity index (χ0) is 17.1. The van der Waals surface area contributed by atoms with Crippen molar-refractivity contribution in [1.29, 1.82) is 0 Å². The lowest BCUT2D eigenvalue weighted by molar-refractivity contribution is 0.120. The highest BCUT2D eigenvalue weighted by Gasteiger charge is 2.20. The molecule has 0 fully saturated rings. The molecular weight excluding hydrogens is 350 g/mol. The average molecular weight is 361 g/mol. The van der Waals surface area contributed by atoms with E-state index < -0.39 is 12.0 Å². The lowest BCUT2D eigenvalue weighted by Gasteiger charge is -2.12. The number of nitrogens with zero attached hydrogens (tertiary/aromatic N) is 1. The first-order valence-electron chi connectivity index (χ1n) is 6.13. The smallest absolute Gasteiger partial charge is 0.492 e. The Balaban J connectivity index is 2.59. The molecule has 0 amide bonds. The third-order valence-corrected chi connectivity index (χ3v) is 3.51. The second-order valence-electron chi connectivity index (χ2n) is 4.21. The van der Waals surface area contributed by atoms with Gasteiger partial charge in [0.15, 0.2) is 11.6 Å². The van der Waals surface area contributed by atoms with Gasteiger partial charge in [0.2, 0.25) is 5.88 Å². The maximum atomic E-state index is 14.5. The first-order chi connectivity index (χ1) is 10.9. The minimum Gasteiger partial charge on any atom is -0.492 e. The maximum Gasteiger partial charge on any atom is 0.514 e. The van der Waals surface area contributed by atoms with Crippen LogP contribution in [-0.4, -0.2) is 25.4 Å². The van der Waals surface area contributed by atoms with Gasteiger partial charge in [-0.3, -0.25) is 0 Å². The van der Waals surface area contributed by atoms with Gasteiger partial charge in [0.05, 0.1) is 30.6 Å². The molecule has 23 heavy (non-hydrogen) atoms. The maximum absolute atomic E-state index is 14.5. The Morgan fingerprint density at radius 3 is 2.61 bits per heavy atom. The molecule has 0 saturated carbocycles. The zero-order valence-corrected chi connectivity index (χ0v) is 13.5. The number of carbonyl (C=O) groups is 1. The number of hydrogen-bond donors (Lipinski definition) is 1. The summed E-state index contributed by atoms with van der Waals surface area (Å²) in [7, 11) is 2.40. The van der Waals surface area contributed by atoms with Crippen molar-refractivity contribution >= 4 is 35.0 Å². The second-order valence-corrected chi connectivity index (χ2v) is 5.00. The fraction of sp³-hybridized carbons (Fsp3) is 0.143. The molecule has 9 heteroatoms. The summed E-state index contributed by atoms with van der Waals surface area (Å²) in [6.07, 6.45) is -1.04. The van der Waals surface area contributed by atoms with Gasteiger partial charge in [-0.1, -0.05) is 23.2 Å². The number of benzene rings is 1. The van der Waals surface area contributed by atoms with Gasteiger partial charge in [0.1, 0.15) is 5.02 Å². The van der Waals surface area contributed by atoms with Crippen LogP contribution >= 0.6 is 23.2 Å². The van der Waals surface area contributed by atoms with Gasteiger partial charge in [0, 0.05) is 5.56 Å². The predicted molar refractivity (Wildman–Crippen MR) is 83.6 cm³/mol. The minimum absolute atomic E-state index is 0.0453. The summed E-state index contributed by atoms with van der Waals surface area (Å²) in [6.45, 7) is 0. The third-order valence-electron chi connectivity index (χ3n) is 2.83. The second kappa shape index (κ2) is 6.89. The molecule has 0 aliphatic carbocycles. The lowest BCUT2D eigenvalue weighted by Crippen LogP contribution is -2.10. The highest BCUT2D eigenvalue weighted by atomic mass is 35.5. The van der Waals surface area contributed by atoms with E-state index in [4.69, 9.17) is 38.4 Å². The van der Waals surface area contributed by atoms with Crippen LogP contribution in [0.15, 0.2) is 18.2 Å². The molecular formula is C14H11Cl2FN2O4. The van der Waals surface area contributed by atoms with E-state index in [1.165, 1.54) is 25.3 Å². The van der Waals surface area contributed by atoms with Gasteiger partial charge >= 0.3 is 6.16 Å². The van der Waals surface area contributed by atoms with Crippen LogP contribution in [-0.2, 0) is 4.74 Å². The number of nitrogen functional groups attached to an aromatic ring is 1. The molecule has 0 aliphatic heterocycles. The summed E-state index contributed by atoms with van der Waals surface area (Å²) in [5, 5.41) is 0.00204. The number of hydrogen-bond acceptors (Lipinski definition) is 6. The first-order valence-corrected chi connectivity index (χ1v) is 6.88. The molecule has 1 aromatic heterocycles. The SMILES string of the molecule is COC(=O)Oc1nc(-c2ccc(Cl)c(OC)c2F)cc(N)c1Cl. The molecule has 2 rings (SSSR count). The minimum atomic E-state index is -1.04. The van der Waals surface area contributed by atoms with Gasteiger partial charge in [-0.25, -0.2) is 14.2 Å². The molecule has 1 heterocycles. The highest BCUT2D eigenvalue weighted by Crippen LogP contribution is 2.38. The van der Waals surface area contributed by atoms with Crippen LogP contribution < -0.4 is 15.2 Å². The van der Waals surface area contributed by atoms with E-state index in [1.54, 1.807) is 0 Å². The molecule has 2 N–H and O–H groups in total. The highest BCUT2D eigenvalue weighted by molar-refractivity contribution is 6.34. The van der Waals surface area contributed by atoms with E-state index in [0.717, 1.165) is 7.11 Å². The zero-order valence-electron chi connectivity index (χ0n) is 12.0. The lowest BCUT2D eigenvalue weighted by atomic mass is 10.1. The molecule has 0 radical (unpaired) electrons. The van der Waals surface area contributed by atoms with Crippen LogP contribution in [0.3, 0.4) is 0 Å². The number of methoxy groups -OCH3 is 2. The normalized spacial score (nSPS) is 10.3. The van der Waals surface area contributed by atoms with Crippen LogP contribution in [0.5, 0.6) is 11.6 Å². The summed E-state index contributed by atoms with van der Waals surface area (Å²) >= 11 is 11.8. The Morgan fingerprint density at radius 2 is 2.00 bits per heavy atom. The summed E-state index contributed by atoms with van der Waals surface area (Å²) in [5.74, 6) is -1.19. The number of pyridine rings is 1. The van der Waals surface area contributed by atoms with Crippen LogP contribution in [0.4, 0.5) is 14.9 Å². The number of anilines is 1. The largest absolute Gasteiger partial charge is 0.514 e. The molecule has 122 valence electrons. The molecule has 6 nitrogen and oxygen atoms in total. The Bertz CT molecular complexity index is 771. The van der Waals surface area contributed by atoms with Crippen LogP contribution in [0, 0.1) is 5.82 Å². The Kier molecular flexibility index (Phi) is 5.12. The Labute approximate surface area is 140 Å². The van der Waals surface area contributed by atoms with Crippen molar-refractivity contribution < 1.29 is 23.4 Å². The summed E-state index contributed by atoms with van der Waals surface area (Å²) in [5.41, 5.74) is 5.92. The summed E-state index contributed by atoms with van der Waals surface area (Å²) < 4.78 is 28.5. The summed E-state index contributed by atoms with van der Waals surface area (Å²) in [6, 6.07) is 4.15. The molecule has 0 spiro atoms. The van der Waals surface area contributed by atoms with Crippen molar-refractivity contribution in [3.05, 3.63) is 34.1 Å². The number of rotatable bonds is 3. The average Bonchev–Trinajstić information content (AvgIpc) is 2.52. The van der Waals surface area contributed by atoms with Crippen molar-refractivity contribution in [2.75, 3.05) is 20.0 Å². The monoisotopic (exact) mass is 360 g/mol. The van der Waals surface area contributed by atoms with Crippen LogP contribution in [0.25, 0.3) is 11.3 Å². The molecule has 2 aromatic rings. The number of ether oxygens (including phenoxy) is 3. The van der Waals surface area contributed by atoms with Crippen molar-refractivity contribution in [1.82, 2.24) is 4.98 Å². The van der Waals surface area contributed by atoms with Gasteiger partial charge in [-0.05, 0) is 18.2 Å². The first kappa shape index (κ1) is 17.1. The van der Waals surface area contributed by atoms with E-state index in [-0.39, 0.29) is 38.6 Å². The van der Waals surface area contributed by atoms with Crippen molar-refractivity contribution in [3.8, 4) is 22.9 Å². The van der Waals surface area contributed by atoms with Crippen LogP contribution in [0.1, 0.15) is 0 Å². The third kappa shape index (κ3) is 3.40. The van der Waals surface area contributed by atoms with E-state index >= 15 is 0 Å². The van der Waals surface area contributed by atoms with Gasteiger partial charge < -0.3 is 19.9 Å². The van der Waals surface area contributed by atoms with Gasteiger partial charge in [0.25, 0.3) is 0 Å². The predicted octanol–water partition coefficient (Wildman–Crippen LogP) is 3.93. The molecule has 0 bridgehead atoms. The van der Waals surface area contributed by atoms with Crippen molar-refractivity contribution in [2.45, 2.75) is 0 Å². The molecule has 1 aromatic carbocycles. The quantitative estimate of drug-likeness (QED) is 0.834. The van der Waals surface area contributed by atoms with E-state index in [0.29, 0.717) is 0 Å². The molecule has 0 unspecified atom stereocenters.